The van der Waals surface area contributed by atoms with Gasteiger partial charge in [0.15, 0.2) is 0 Å². The first-order valence-electron chi connectivity index (χ1n) is 8.10. The Hall–Kier alpha value is -1.87. The number of benzene rings is 2. The van der Waals surface area contributed by atoms with Crippen molar-refractivity contribution < 1.29 is 9.53 Å². The van der Waals surface area contributed by atoms with Crippen LogP contribution in [0.5, 0.6) is 5.75 Å². The minimum Gasteiger partial charge on any atom is -0.490 e. The van der Waals surface area contributed by atoms with Crippen LogP contribution < -0.4 is 4.74 Å². The molecule has 1 atom stereocenters. The van der Waals surface area contributed by atoms with Gasteiger partial charge in [-0.15, -0.1) is 0 Å². The number of ketones is 1. The van der Waals surface area contributed by atoms with E-state index >= 15 is 0 Å². The third-order valence-electron chi connectivity index (χ3n) is 4.10. The lowest BCUT2D eigenvalue weighted by atomic mass is 9.98. The van der Waals surface area contributed by atoms with Crippen LogP contribution in [0.3, 0.4) is 0 Å². The third-order valence-corrected chi connectivity index (χ3v) is 4.63. The van der Waals surface area contributed by atoms with Gasteiger partial charge in [0, 0.05) is 10.4 Å². The molecule has 0 heterocycles. The van der Waals surface area contributed by atoms with E-state index in [1.54, 1.807) is 6.92 Å². The van der Waals surface area contributed by atoms with Crippen molar-refractivity contribution in [2.75, 3.05) is 6.61 Å². The van der Waals surface area contributed by atoms with Crippen molar-refractivity contribution in [1.29, 1.82) is 0 Å². The number of Topliss-reactive ketones (excluding diaryl/α,β-unsaturated/α-hetero) is 1. The minimum atomic E-state index is 0.0632. The molecular weight excluding hydrogens is 364 g/mol. The Bertz CT molecular complexity index is 700. The summed E-state index contributed by atoms with van der Waals surface area (Å²) in [6, 6.07) is 16.2. The smallest absolute Gasteiger partial charge is 0.132 e. The van der Waals surface area contributed by atoms with Gasteiger partial charge in [0.2, 0.25) is 0 Å². The van der Waals surface area contributed by atoms with E-state index in [9.17, 15) is 4.79 Å². The number of hydrogen-bond acceptors (Lipinski definition) is 2. The lowest BCUT2D eigenvalue weighted by Gasteiger charge is -2.09. The van der Waals surface area contributed by atoms with Crippen LogP contribution in [0.2, 0.25) is 0 Å². The summed E-state index contributed by atoms with van der Waals surface area (Å²) in [6.07, 6.45) is 2.85. The second kappa shape index (κ2) is 8.84. The molecule has 0 saturated carbocycles. The normalized spacial score (nSPS) is 12.8. The molecule has 0 aliphatic carbocycles. The molecule has 1 unspecified atom stereocenters. The summed E-state index contributed by atoms with van der Waals surface area (Å²) in [4.78, 5) is 11.3. The quantitative estimate of drug-likeness (QED) is 0.609. The average Bonchev–Trinajstić information content (AvgIpc) is 2.56. The molecule has 0 radical (unpaired) electrons. The fourth-order valence-corrected chi connectivity index (χ4v) is 2.58. The van der Waals surface area contributed by atoms with E-state index in [-0.39, 0.29) is 11.7 Å². The average molecular weight is 387 g/mol. The zero-order chi connectivity index (χ0) is 17.5. The molecule has 126 valence electrons. The summed E-state index contributed by atoms with van der Waals surface area (Å²) in [5, 5.41) is 0. The first-order chi connectivity index (χ1) is 11.5. The molecule has 3 heteroatoms. The molecule has 0 saturated heterocycles. The predicted octanol–water partition coefficient (Wildman–Crippen LogP) is 5.70. The number of halogens is 1. The fraction of sp³-hybridized carbons (Fsp3) is 0.286. The van der Waals surface area contributed by atoms with Crippen molar-refractivity contribution in [1.82, 2.24) is 0 Å². The highest BCUT2D eigenvalue weighted by Gasteiger charge is 2.08. The van der Waals surface area contributed by atoms with Crippen molar-refractivity contribution in [2.45, 2.75) is 27.2 Å². The lowest BCUT2D eigenvalue weighted by molar-refractivity contribution is -0.120. The Morgan fingerprint density at radius 1 is 1.08 bits per heavy atom. The van der Waals surface area contributed by atoms with Crippen LogP contribution >= 0.6 is 15.9 Å². The zero-order valence-corrected chi connectivity index (χ0v) is 16.0. The molecule has 0 N–H and O–H groups in total. The molecule has 24 heavy (non-hydrogen) atoms. The molecule has 0 bridgehead atoms. The maximum Gasteiger partial charge on any atom is 0.132 e. The van der Waals surface area contributed by atoms with Gasteiger partial charge in [-0.1, -0.05) is 47.1 Å². The van der Waals surface area contributed by atoms with Gasteiger partial charge in [-0.25, -0.2) is 0 Å². The van der Waals surface area contributed by atoms with Crippen LogP contribution in [-0.4, -0.2) is 12.4 Å². The summed E-state index contributed by atoms with van der Waals surface area (Å²) in [5.74, 6) is 1.13. The SMILES string of the molecule is CC(=O)C(C)Cc1ccc(OC/C=C(\C)c2ccc(Br)cc2)cc1. The Labute approximate surface area is 152 Å². The Morgan fingerprint density at radius 2 is 1.71 bits per heavy atom. The maximum absolute atomic E-state index is 11.3. The minimum absolute atomic E-state index is 0.0632. The molecule has 2 aromatic carbocycles. The molecular formula is C21H23BrO2. The molecule has 0 aliphatic heterocycles. The molecule has 0 fully saturated rings. The molecule has 0 aliphatic rings. The van der Waals surface area contributed by atoms with Crippen LogP contribution in [0.1, 0.15) is 31.9 Å². The molecule has 2 rings (SSSR count). The van der Waals surface area contributed by atoms with Crippen molar-refractivity contribution in [2.24, 2.45) is 5.92 Å². The summed E-state index contributed by atoms with van der Waals surface area (Å²) in [7, 11) is 0. The molecule has 2 aromatic rings. The van der Waals surface area contributed by atoms with Crippen molar-refractivity contribution in [3.05, 3.63) is 70.2 Å². The monoisotopic (exact) mass is 386 g/mol. The number of rotatable bonds is 7. The topological polar surface area (TPSA) is 26.3 Å². The molecule has 0 spiro atoms. The van der Waals surface area contributed by atoms with E-state index in [1.807, 2.05) is 43.3 Å². The van der Waals surface area contributed by atoms with Gasteiger partial charge in [0.25, 0.3) is 0 Å². The van der Waals surface area contributed by atoms with E-state index < -0.39 is 0 Å². The van der Waals surface area contributed by atoms with Gasteiger partial charge in [-0.3, -0.25) is 4.79 Å². The van der Waals surface area contributed by atoms with Crippen LogP contribution in [0.4, 0.5) is 0 Å². The van der Waals surface area contributed by atoms with Crippen molar-refractivity contribution >= 4 is 27.3 Å². The Morgan fingerprint density at radius 3 is 2.29 bits per heavy atom. The summed E-state index contributed by atoms with van der Waals surface area (Å²) < 4.78 is 6.85. The standard InChI is InChI=1S/C21H23BrO2/c1-15(19-6-8-20(22)9-7-19)12-13-24-21-10-4-18(5-11-21)14-16(2)17(3)23/h4-12,16H,13-14H2,1-3H3/b15-12+. The van der Waals surface area contributed by atoms with E-state index in [1.165, 1.54) is 11.1 Å². The predicted molar refractivity (Wildman–Crippen MR) is 103 cm³/mol. The van der Waals surface area contributed by atoms with Crippen LogP contribution in [0.25, 0.3) is 5.57 Å². The van der Waals surface area contributed by atoms with E-state index in [0.717, 1.165) is 22.2 Å². The number of allylic oxidation sites excluding steroid dienone is 1. The molecule has 0 aromatic heterocycles. The number of ether oxygens (including phenoxy) is 1. The first kappa shape index (κ1) is 18.5. The number of carbonyl (C=O) groups excluding carboxylic acids is 1. The van der Waals surface area contributed by atoms with E-state index in [4.69, 9.17) is 4.74 Å². The largest absolute Gasteiger partial charge is 0.490 e. The zero-order valence-electron chi connectivity index (χ0n) is 14.4. The first-order valence-corrected chi connectivity index (χ1v) is 8.90. The van der Waals surface area contributed by atoms with Gasteiger partial charge in [-0.05, 0) is 67.3 Å². The second-order valence-electron chi connectivity index (χ2n) is 6.06. The summed E-state index contributed by atoms with van der Waals surface area (Å²) in [6.45, 7) is 6.22. The van der Waals surface area contributed by atoms with Crippen molar-refractivity contribution in [3.63, 3.8) is 0 Å². The van der Waals surface area contributed by atoms with Crippen LogP contribution in [0.15, 0.2) is 59.1 Å². The maximum atomic E-state index is 11.3. The van der Waals surface area contributed by atoms with Crippen molar-refractivity contribution in [3.8, 4) is 5.75 Å². The van der Waals surface area contributed by atoms with Gasteiger partial charge >= 0.3 is 0 Å². The van der Waals surface area contributed by atoms with E-state index in [2.05, 4.69) is 41.1 Å². The highest BCUT2D eigenvalue weighted by molar-refractivity contribution is 9.10. The van der Waals surface area contributed by atoms with Crippen LogP contribution in [0, 0.1) is 5.92 Å². The number of carbonyl (C=O) groups is 1. The highest BCUT2D eigenvalue weighted by atomic mass is 79.9. The second-order valence-corrected chi connectivity index (χ2v) is 6.98. The van der Waals surface area contributed by atoms with E-state index in [0.29, 0.717) is 6.61 Å². The summed E-state index contributed by atoms with van der Waals surface area (Å²) in [5.41, 5.74) is 3.54. The molecule has 0 amide bonds. The highest BCUT2D eigenvalue weighted by Crippen LogP contribution is 2.18. The third kappa shape index (κ3) is 5.64. The number of hydrogen-bond donors (Lipinski definition) is 0. The fourth-order valence-electron chi connectivity index (χ4n) is 2.31. The van der Waals surface area contributed by atoms with Gasteiger partial charge in [-0.2, -0.15) is 0 Å². The van der Waals surface area contributed by atoms with Gasteiger partial charge < -0.3 is 4.74 Å². The Balaban J connectivity index is 1.89. The summed E-state index contributed by atoms with van der Waals surface area (Å²) >= 11 is 3.44. The molecule has 2 nitrogen and oxygen atoms in total. The Kier molecular flexibility index (Phi) is 6.80. The van der Waals surface area contributed by atoms with Crippen LogP contribution in [-0.2, 0) is 11.2 Å². The lowest BCUT2D eigenvalue weighted by Crippen LogP contribution is -2.09. The van der Waals surface area contributed by atoms with Gasteiger partial charge in [0.1, 0.15) is 18.1 Å². The van der Waals surface area contributed by atoms with Gasteiger partial charge in [0.05, 0.1) is 0 Å².